The predicted octanol–water partition coefficient (Wildman–Crippen LogP) is 4.21. The normalized spacial score (nSPS) is 43.1. The molecule has 4 rings (SSSR count). The zero-order valence-corrected chi connectivity index (χ0v) is 16.3. The lowest BCUT2D eigenvalue weighted by Gasteiger charge is -2.54. The molecule has 0 aromatic carbocycles. The van der Waals surface area contributed by atoms with E-state index in [0.717, 1.165) is 32.1 Å². The van der Waals surface area contributed by atoms with Crippen LogP contribution in [-0.4, -0.2) is 17.8 Å². The molecular weight excluding hydrogens is 352 g/mol. The standard InChI is InChI=1S/C22H26N4O2/c1-2-6-15-9-10-22-17(11-15)21(14-25,19(26)28-22)20(12-23,13-24)18(27-22)16-7-4-3-5-8-16/h3-4,15-18,26H,2,5-11H2,1H3. The highest BCUT2D eigenvalue weighted by atomic mass is 16.7. The summed E-state index contributed by atoms with van der Waals surface area (Å²) in [6, 6.07) is 6.66. The first-order chi connectivity index (χ1) is 13.5. The molecule has 1 saturated carbocycles. The minimum Gasteiger partial charge on any atom is -0.447 e. The van der Waals surface area contributed by atoms with E-state index in [1.165, 1.54) is 0 Å². The van der Waals surface area contributed by atoms with Gasteiger partial charge in [-0.15, -0.1) is 0 Å². The molecule has 2 bridgehead atoms. The molecule has 2 aliphatic carbocycles. The molecule has 0 spiro atoms. The van der Waals surface area contributed by atoms with Crippen molar-refractivity contribution in [2.75, 3.05) is 0 Å². The van der Waals surface area contributed by atoms with Crippen molar-refractivity contribution in [3.8, 4) is 18.2 Å². The van der Waals surface area contributed by atoms with Crippen molar-refractivity contribution in [1.82, 2.24) is 0 Å². The van der Waals surface area contributed by atoms with Gasteiger partial charge in [-0.25, -0.2) is 0 Å². The Morgan fingerprint density at radius 3 is 2.57 bits per heavy atom. The van der Waals surface area contributed by atoms with Crippen molar-refractivity contribution in [3.63, 3.8) is 0 Å². The predicted molar refractivity (Wildman–Crippen MR) is 100 cm³/mol. The summed E-state index contributed by atoms with van der Waals surface area (Å²) < 4.78 is 12.5. The maximum atomic E-state index is 10.4. The second-order valence-electron chi connectivity index (χ2n) is 8.76. The summed E-state index contributed by atoms with van der Waals surface area (Å²) in [6.45, 7) is 2.14. The molecule has 28 heavy (non-hydrogen) atoms. The molecule has 0 amide bonds. The van der Waals surface area contributed by atoms with E-state index in [9.17, 15) is 15.8 Å². The molecule has 0 radical (unpaired) electrons. The van der Waals surface area contributed by atoms with Gasteiger partial charge < -0.3 is 9.47 Å². The van der Waals surface area contributed by atoms with Crippen LogP contribution in [0.25, 0.3) is 0 Å². The fourth-order valence-corrected chi connectivity index (χ4v) is 6.15. The lowest BCUT2D eigenvalue weighted by Crippen LogP contribution is -2.65. The molecule has 0 aromatic rings. The van der Waals surface area contributed by atoms with E-state index < -0.39 is 28.6 Å². The van der Waals surface area contributed by atoms with E-state index in [4.69, 9.17) is 14.9 Å². The van der Waals surface area contributed by atoms with Crippen LogP contribution in [0.15, 0.2) is 12.2 Å². The summed E-state index contributed by atoms with van der Waals surface area (Å²) in [4.78, 5) is 0. The van der Waals surface area contributed by atoms with Crippen molar-refractivity contribution in [2.24, 2.45) is 28.6 Å². The molecular formula is C22H26N4O2. The van der Waals surface area contributed by atoms with Crippen LogP contribution >= 0.6 is 0 Å². The lowest BCUT2D eigenvalue weighted by molar-refractivity contribution is -0.306. The summed E-state index contributed by atoms with van der Waals surface area (Å²) in [7, 11) is 0. The van der Waals surface area contributed by atoms with Gasteiger partial charge in [0.2, 0.25) is 11.7 Å². The molecule has 2 aliphatic heterocycles. The fourth-order valence-electron chi connectivity index (χ4n) is 6.15. The van der Waals surface area contributed by atoms with Crippen LogP contribution in [0.4, 0.5) is 0 Å². The minimum atomic E-state index is -1.73. The van der Waals surface area contributed by atoms with Gasteiger partial charge in [0, 0.05) is 6.42 Å². The Kier molecular flexibility index (Phi) is 4.48. The summed E-state index contributed by atoms with van der Waals surface area (Å²) in [6.07, 6.45) is 10.1. The van der Waals surface area contributed by atoms with Crippen molar-refractivity contribution >= 4 is 5.90 Å². The summed E-state index contributed by atoms with van der Waals surface area (Å²) in [5.41, 5.74) is -3.29. The van der Waals surface area contributed by atoms with Crippen molar-refractivity contribution in [3.05, 3.63) is 12.2 Å². The zero-order valence-electron chi connectivity index (χ0n) is 16.3. The van der Waals surface area contributed by atoms with Gasteiger partial charge >= 0.3 is 0 Å². The van der Waals surface area contributed by atoms with Gasteiger partial charge in [0.05, 0.1) is 30.2 Å². The van der Waals surface area contributed by atoms with Crippen molar-refractivity contribution < 1.29 is 9.47 Å². The van der Waals surface area contributed by atoms with Gasteiger partial charge in [-0.05, 0) is 43.9 Å². The molecule has 1 N–H and O–H groups in total. The first-order valence-corrected chi connectivity index (χ1v) is 10.4. The minimum absolute atomic E-state index is 0.0299. The Labute approximate surface area is 166 Å². The third kappa shape index (κ3) is 2.17. The Bertz CT molecular complexity index is 817. The van der Waals surface area contributed by atoms with E-state index in [2.05, 4.69) is 37.3 Å². The Morgan fingerprint density at radius 1 is 1.18 bits per heavy atom. The molecule has 6 unspecified atom stereocenters. The largest absolute Gasteiger partial charge is 0.447 e. The smallest absolute Gasteiger partial charge is 0.217 e. The average Bonchev–Trinajstić information content (AvgIpc) is 2.93. The van der Waals surface area contributed by atoms with Crippen molar-refractivity contribution in [2.45, 2.75) is 70.2 Å². The van der Waals surface area contributed by atoms with E-state index in [0.29, 0.717) is 25.2 Å². The lowest BCUT2D eigenvalue weighted by atomic mass is 9.49. The van der Waals surface area contributed by atoms with Crippen LogP contribution in [0.2, 0.25) is 0 Å². The molecule has 0 aromatic heterocycles. The monoisotopic (exact) mass is 378 g/mol. The fraction of sp³-hybridized carbons (Fsp3) is 0.727. The third-order valence-electron chi connectivity index (χ3n) is 7.50. The molecule has 6 heteroatoms. The van der Waals surface area contributed by atoms with Gasteiger partial charge in [-0.1, -0.05) is 31.9 Å². The van der Waals surface area contributed by atoms with E-state index in [-0.39, 0.29) is 11.8 Å². The number of allylic oxidation sites excluding steroid dienone is 2. The van der Waals surface area contributed by atoms with Gasteiger partial charge in [0.15, 0.2) is 10.8 Å². The molecule has 2 heterocycles. The number of hydrogen-bond acceptors (Lipinski definition) is 6. The van der Waals surface area contributed by atoms with Crippen LogP contribution in [0.3, 0.4) is 0 Å². The van der Waals surface area contributed by atoms with Gasteiger partial charge in [-0.3, -0.25) is 5.41 Å². The number of hydrogen-bond donors (Lipinski definition) is 1. The topological polar surface area (TPSA) is 114 Å². The first-order valence-electron chi connectivity index (χ1n) is 10.4. The first kappa shape index (κ1) is 19.0. The number of nitrogens with one attached hydrogen (secondary N) is 1. The van der Waals surface area contributed by atoms with Crippen LogP contribution in [0, 0.1) is 68.0 Å². The van der Waals surface area contributed by atoms with Gasteiger partial charge in [0.25, 0.3) is 0 Å². The molecule has 3 fully saturated rings. The second kappa shape index (κ2) is 6.61. The molecule has 146 valence electrons. The quantitative estimate of drug-likeness (QED) is 0.739. The molecule has 6 nitrogen and oxygen atoms in total. The van der Waals surface area contributed by atoms with E-state index >= 15 is 0 Å². The zero-order chi connectivity index (χ0) is 20.0. The Balaban J connectivity index is 1.86. The third-order valence-corrected chi connectivity index (χ3v) is 7.50. The van der Waals surface area contributed by atoms with E-state index in [1.807, 2.05) is 0 Å². The summed E-state index contributed by atoms with van der Waals surface area (Å²) in [5.74, 6) is -1.36. The molecule has 4 aliphatic rings. The van der Waals surface area contributed by atoms with E-state index in [1.54, 1.807) is 0 Å². The summed E-state index contributed by atoms with van der Waals surface area (Å²) >= 11 is 0. The summed E-state index contributed by atoms with van der Waals surface area (Å²) in [5, 5.41) is 39.5. The Hall–Kier alpha value is -2.36. The number of nitrogens with zero attached hydrogens (tertiary/aromatic N) is 3. The van der Waals surface area contributed by atoms with Crippen LogP contribution < -0.4 is 0 Å². The van der Waals surface area contributed by atoms with Gasteiger partial charge in [-0.2, -0.15) is 15.8 Å². The maximum Gasteiger partial charge on any atom is 0.217 e. The van der Waals surface area contributed by atoms with Crippen molar-refractivity contribution in [1.29, 1.82) is 21.2 Å². The SMILES string of the molecule is CCCC1CCC23OC(=N)C(C#N)(C2C1)C(C#N)(C#N)C(C1CC=CCC1)O3. The number of nitriles is 3. The Morgan fingerprint density at radius 2 is 1.96 bits per heavy atom. The number of ether oxygens (including phenoxy) is 2. The maximum absolute atomic E-state index is 10.4. The molecule has 6 atom stereocenters. The highest BCUT2D eigenvalue weighted by Crippen LogP contribution is 2.68. The van der Waals surface area contributed by atoms with Crippen LogP contribution in [-0.2, 0) is 9.47 Å². The number of rotatable bonds is 3. The highest BCUT2D eigenvalue weighted by Gasteiger charge is 2.81. The second-order valence-corrected chi connectivity index (χ2v) is 8.76. The average molecular weight is 378 g/mol. The molecule has 2 saturated heterocycles. The highest BCUT2D eigenvalue weighted by molar-refractivity contribution is 5.89. The van der Waals surface area contributed by atoms with Gasteiger partial charge in [0.1, 0.15) is 0 Å². The van der Waals surface area contributed by atoms with Crippen LogP contribution in [0.1, 0.15) is 58.3 Å². The van der Waals surface area contributed by atoms with Crippen LogP contribution in [0.5, 0.6) is 0 Å².